The number of hydrogen-bond donors (Lipinski definition) is 1. The van der Waals surface area contributed by atoms with Gasteiger partial charge in [0.25, 0.3) is 0 Å². The Bertz CT molecular complexity index is 534. The fraction of sp³-hybridized carbons (Fsp3) is 0.467. The van der Waals surface area contributed by atoms with Crippen LogP contribution < -0.4 is 10.2 Å². The Morgan fingerprint density at radius 3 is 2.95 bits per heavy atom. The summed E-state index contributed by atoms with van der Waals surface area (Å²) in [7, 11) is 0. The van der Waals surface area contributed by atoms with Gasteiger partial charge in [0.05, 0.1) is 13.2 Å². The molecule has 0 aromatic heterocycles. The van der Waals surface area contributed by atoms with Crippen LogP contribution in [0.1, 0.15) is 24.2 Å². The number of rotatable bonds is 4. The van der Waals surface area contributed by atoms with Gasteiger partial charge in [-0.1, -0.05) is 11.6 Å². The zero-order valence-corrected chi connectivity index (χ0v) is 12.9. The number of carbonyl (C=O) groups excluding carboxylic acids is 2. The maximum atomic E-state index is 12.3. The summed E-state index contributed by atoms with van der Waals surface area (Å²) in [5.41, 5.74) is 1.19. The molecule has 1 fully saturated rings. The number of ether oxygens (including phenoxy) is 1. The number of nitrogens with one attached hydrogen (secondary N) is 1. The van der Waals surface area contributed by atoms with E-state index < -0.39 is 6.04 Å². The van der Waals surface area contributed by atoms with Crippen LogP contribution in [0.3, 0.4) is 0 Å². The second kappa shape index (κ2) is 6.91. The van der Waals surface area contributed by atoms with Gasteiger partial charge in [-0.3, -0.25) is 9.59 Å². The lowest BCUT2D eigenvalue weighted by Crippen LogP contribution is -2.55. The van der Waals surface area contributed by atoms with Crippen LogP contribution in [0.25, 0.3) is 0 Å². The summed E-state index contributed by atoms with van der Waals surface area (Å²) in [6.45, 7) is 5.20. The first kappa shape index (κ1) is 15.8. The number of amides is 1. The number of morpholine rings is 1. The third-order valence-corrected chi connectivity index (χ3v) is 3.52. The number of aldehydes is 1. The van der Waals surface area contributed by atoms with E-state index in [1.165, 1.54) is 0 Å². The molecule has 1 heterocycles. The maximum Gasteiger partial charge on any atom is 0.245 e. The molecule has 1 aliphatic rings. The Morgan fingerprint density at radius 2 is 2.29 bits per heavy atom. The van der Waals surface area contributed by atoms with Crippen LogP contribution in [0.5, 0.6) is 0 Å². The van der Waals surface area contributed by atoms with Gasteiger partial charge in [-0.2, -0.15) is 0 Å². The van der Waals surface area contributed by atoms with Crippen molar-refractivity contribution < 1.29 is 14.3 Å². The highest BCUT2D eigenvalue weighted by atomic mass is 35.5. The summed E-state index contributed by atoms with van der Waals surface area (Å²) in [6.07, 6.45) is 0.758. The molecule has 1 aliphatic heterocycles. The van der Waals surface area contributed by atoms with E-state index in [2.05, 4.69) is 5.32 Å². The van der Waals surface area contributed by atoms with E-state index >= 15 is 0 Å². The van der Waals surface area contributed by atoms with Crippen molar-refractivity contribution in [1.82, 2.24) is 5.32 Å². The first-order chi connectivity index (χ1) is 10.0. The van der Waals surface area contributed by atoms with E-state index in [0.29, 0.717) is 36.0 Å². The zero-order valence-electron chi connectivity index (χ0n) is 12.1. The molecule has 0 aliphatic carbocycles. The van der Waals surface area contributed by atoms with Crippen molar-refractivity contribution >= 4 is 29.5 Å². The molecule has 1 amide bonds. The van der Waals surface area contributed by atoms with Gasteiger partial charge in [-0.05, 0) is 32.0 Å². The first-order valence-electron chi connectivity index (χ1n) is 6.92. The summed E-state index contributed by atoms with van der Waals surface area (Å²) in [6, 6.07) is 4.71. The highest BCUT2D eigenvalue weighted by molar-refractivity contribution is 6.31. The molecule has 0 spiro atoms. The monoisotopic (exact) mass is 310 g/mol. The molecule has 1 atom stereocenters. The number of hydrogen-bond acceptors (Lipinski definition) is 4. The van der Waals surface area contributed by atoms with E-state index in [0.717, 1.165) is 6.29 Å². The van der Waals surface area contributed by atoms with Crippen LogP contribution >= 0.6 is 11.6 Å². The highest BCUT2D eigenvalue weighted by Gasteiger charge is 2.31. The predicted molar refractivity (Wildman–Crippen MR) is 82.1 cm³/mol. The van der Waals surface area contributed by atoms with Gasteiger partial charge in [0.15, 0.2) is 6.29 Å². The molecule has 1 aromatic carbocycles. The Balaban J connectivity index is 2.30. The molecule has 0 radical (unpaired) electrons. The van der Waals surface area contributed by atoms with Gasteiger partial charge in [-0.25, -0.2) is 0 Å². The number of halogens is 1. The van der Waals surface area contributed by atoms with Crippen LogP contribution in [0.2, 0.25) is 5.02 Å². The normalized spacial score (nSPS) is 18.7. The van der Waals surface area contributed by atoms with Crippen LogP contribution in [0.15, 0.2) is 18.2 Å². The molecule has 1 saturated heterocycles. The smallest absolute Gasteiger partial charge is 0.245 e. The molecular weight excluding hydrogens is 292 g/mol. The fourth-order valence-electron chi connectivity index (χ4n) is 2.37. The largest absolute Gasteiger partial charge is 0.377 e. The number of benzene rings is 1. The lowest BCUT2D eigenvalue weighted by atomic mass is 10.1. The molecule has 1 aromatic rings. The number of carbonyl (C=O) groups is 2. The Labute approximate surface area is 129 Å². The van der Waals surface area contributed by atoms with E-state index in [4.69, 9.17) is 16.3 Å². The summed E-state index contributed by atoms with van der Waals surface area (Å²) >= 11 is 5.92. The minimum absolute atomic E-state index is 0.0528. The molecule has 114 valence electrons. The van der Waals surface area contributed by atoms with E-state index in [1.807, 2.05) is 18.7 Å². The van der Waals surface area contributed by atoms with Crippen LogP contribution in [-0.2, 0) is 9.53 Å². The fourth-order valence-corrected chi connectivity index (χ4v) is 2.55. The van der Waals surface area contributed by atoms with Gasteiger partial charge >= 0.3 is 0 Å². The minimum atomic E-state index is -0.443. The average molecular weight is 311 g/mol. The molecule has 6 heteroatoms. The Kier molecular flexibility index (Phi) is 5.20. The van der Waals surface area contributed by atoms with Crippen molar-refractivity contribution in [3.8, 4) is 0 Å². The van der Waals surface area contributed by atoms with E-state index in [1.54, 1.807) is 18.2 Å². The summed E-state index contributed by atoms with van der Waals surface area (Å²) in [4.78, 5) is 25.5. The van der Waals surface area contributed by atoms with Crippen LogP contribution in [0, 0.1) is 0 Å². The van der Waals surface area contributed by atoms with E-state index in [9.17, 15) is 9.59 Å². The quantitative estimate of drug-likeness (QED) is 0.863. The van der Waals surface area contributed by atoms with Crippen molar-refractivity contribution in [3.05, 3.63) is 28.8 Å². The van der Waals surface area contributed by atoms with Crippen LogP contribution in [-0.4, -0.2) is 44.0 Å². The van der Waals surface area contributed by atoms with Gasteiger partial charge in [0.2, 0.25) is 5.91 Å². The van der Waals surface area contributed by atoms with Gasteiger partial charge in [-0.15, -0.1) is 0 Å². The highest BCUT2D eigenvalue weighted by Crippen LogP contribution is 2.26. The molecule has 1 unspecified atom stereocenters. The molecule has 5 nitrogen and oxygen atoms in total. The van der Waals surface area contributed by atoms with Gasteiger partial charge in [0, 0.05) is 28.9 Å². The van der Waals surface area contributed by atoms with Crippen LogP contribution in [0.4, 0.5) is 5.69 Å². The second-order valence-corrected chi connectivity index (χ2v) is 5.70. The summed E-state index contributed by atoms with van der Waals surface area (Å²) in [5.74, 6) is -0.100. The van der Waals surface area contributed by atoms with Crippen molar-refractivity contribution in [2.45, 2.75) is 25.9 Å². The minimum Gasteiger partial charge on any atom is -0.377 e. The third kappa shape index (κ3) is 3.74. The standard InChI is InChI=1S/C15H19ClN2O3/c1-10(2)17-15(20)14-9-21-6-5-18(14)13-4-3-12(16)7-11(13)8-19/h3-4,7-8,10,14H,5-6,9H2,1-2H3,(H,17,20). The van der Waals surface area contributed by atoms with Crippen molar-refractivity contribution in [2.24, 2.45) is 0 Å². The zero-order chi connectivity index (χ0) is 15.4. The average Bonchev–Trinajstić information content (AvgIpc) is 2.46. The topological polar surface area (TPSA) is 58.6 Å². The van der Waals surface area contributed by atoms with E-state index in [-0.39, 0.29) is 11.9 Å². The molecule has 1 N–H and O–H groups in total. The Morgan fingerprint density at radius 1 is 1.52 bits per heavy atom. The van der Waals surface area contributed by atoms with Crippen molar-refractivity contribution in [2.75, 3.05) is 24.7 Å². The number of anilines is 1. The number of nitrogens with zero attached hydrogens (tertiary/aromatic N) is 1. The predicted octanol–water partition coefficient (Wildman–Crippen LogP) is 1.88. The lowest BCUT2D eigenvalue weighted by Gasteiger charge is -2.37. The molecule has 2 rings (SSSR count). The third-order valence-electron chi connectivity index (χ3n) is 3.29. The SMILES string of the molecule is CC(C)NC(=O)C1COCCN1c1ccc(Cl)cc1C=O. The Hall–Kier alpha value is -1.59. The summed E-state index contributed by atoms with van der Waals surface area (Å²) < 4.78 is 5.42. The van der Waals surface area contributed by atoms with Crippen molar-refractivity contribution in [1.29, 1.82) is 0 Å². The molecule has 21 heavy (non-hydrogen) atoms. The van der Waals surface area contributed by atoms with Gasteiger partial charge < -0.3 is 15.0 Å². The molecule has 0 saturated carbocycles. The maximum absolute atomic E-state index is 12.3. The first-order valence-corrected chi connectivity index (χ1v) is 7.30. The molecule has 0 bridgehead atoms. The summed E-state index contributed by atoms with van der Waals surface area (Å²) in [5, 5.41) is 3.38. The lowest BCUT2D eigenvalue weighted by molar-refractivity contribution is -0.125. The van der Waals surface area contributed by atoms with Gasteiger partial charge in [0.1, 0.15) is 6.04 Å². The second-order valence-electron chi connectivity index (χ2n) is 5.27. The van der Waals surface area contributed by atoms with Crippen molar-refractivity contribution in [3.63, 3.8) is 0 Å². The molecular formula is C15H19ClN2O3.